The second-order valence-corrected chi connectivity index (χ2v) is 8.73. The predicted molar refractivity (Wildman–Crippen MR) is 94.6 cm³/mol. The minimum absolute atomic E-state index is 0.279. The molecule has 1 unspecified atom stereocenters. The SMILES string of the molecule is CN(C)C(C[N+](C)(C)C)NS(=O)(=O)c1cccc2ccccc12. The molecular formula is C17H26N3O2S+. The average Bonchev–Trinajstić information content (AvgIpc) is 2.44. The molecule has 0 aromatic heterocycles. The van der Waals surface area contributed by atoms with E-state index in [9.17, 15) is 8.42 Å². The Kier molecular flexibility index (Phi) is 5.10. The van der Waals surface area contributed by atoms with Gasteiger partial charge in [0.2, 0.25) is 10.0 Å². The van der Waals surface area contributed by atoms with Gasteiger partial charge in [0.05, 0.1) is 26.0 Å². The number of fused-ring (bicyclic) bond motifs is 1. The van der Waals surface area contributed by atoms with Crippen LogP contribution in [-0.2, 0) is 10.0 Å². The first-order valence-electron chi connectivity index (χ1n) is 7.57. The third-order valence-electron chi connectivity index (χ3n) is 3.67. The van der Waals surface area contributed by atoms with Gasteiger partial charge in [-0.15, -0.1) is 0 Å². The van der Waals surface area contributed by atoms with Gasteiger partial charge < -0.3 is 4.48 Å². The number of likely N-dealkylation sites (N-methyl/N-ethyl adjacent to an activating group) is 2. The lowest BCUT2D eigenvalue weighted by Gasteiger charge is -2.33. The Hall–Kier alpha value is -1.47. The molecule has 0 aliphatic carbocycles. The van der Waals surface area contributed by atoms with Crippen LogP contribution >= 0.6 is 0 Å². The van der Waals surface area contributed by atoms with Crippen LogP contribution < -0.4 is 4.72 Å². The van der Waals surface area contributed by atoms with E-state index in [0.29, 0.717) is 15.9 Å². The lowest BCUT2D eigenvalue weighted by atomic mass is 10.1. The van der Waals surface area contributed by atoms with E-state index in [1.54, 1.807) is 12.1 Å². The Bertz CT molecular complexity index is 775. The van der Waals surface area contributed by atoms with Crippen molar-refractivity contribution in [1.82, 2.24) is 9.62 Å². The van der Waals surface area contributed by atoms with Crippen LogP contribution in [0.1, 0.15) is 0 Å². The Balaban J connectivity index is 2.40. The van der Waals surface area contributed by atoms with Gasteiger partial charge in [-0.2, -0.15) is 4.72 Å². The maximum atomic E-state index is 12.9. The van der Waals surface area contributed by atoms with Crippen LogP contribution in [0, 0.1) is 0 Å². The molecule has 23 heavy (non-hydrogen) atoms. The van der Waals surface area contributed by atoms with Gasteiger partial charge in [-0.3, -0.25) is 4.90 Å². The van der Waals surface area contributed by atoms with Gasteiger partial charge in [0.1, 0.15) is 12.7 Å². The van der Waals surface area contributed by atoms with Crippen LogP contribution in [0.25, 0.3) is 10.8 Å². The summed E-state index contributed by atoms with van der Waals surface area (Å²) in [5.74, 6) is 0. The summed E-state index contributed by atoms with van der Waals surface area (Å²) in [6, 6.07) is 12.9. The summed E-state index contributed by atoms with van der Waals surface area (Å²) >= 11 is 0. The quantitative estimate of drug-likeness (QED) is 0.645. The van der Waals surface area contributed by atoms with E-state index in [4.69, 9.17) is 0 Å². The molecule has 0 radical (unpaired) electrons. The van der Waals surface area contributed by atoms with E-state index in [0.717, 1.165) is 10.8 Å². The number of sulfonamides is 1. The zero-order valence-corrected chi connectivity index (χ0v) is 15.3. The standard InChI is InChI=1S/C17H26N3O2S/c1-19(2)17(13-20(3,4)5)18-23(21,22)16-12-8-10-14-9-6-7-11-15(14)16/h6-12,17-18H,13H2,1-5H3/q+1. The van der Waals surface area contributed by atoms with Crippen LogP contribution in [0.3, 0.4) is 0 Å². The van der Waals surface area contributed by atoms with Gasteiger partial charge in [0.15, 0.2) is 0 Å². The highest BCUT2D eigenvalue weighted by Gasteiger charge is 2.27. The molecular weight excluding hydrogens is 310 g/mol. The van der Waals surface area contributed by atoms with Crippen molar-refractivity contribution in [2.45, 2.75) is 11.1 Å². The molecule has 0 bridgehead atoms. The van der Waals surface area contributed by atoms with Gasteiger partial charge in [-0.1, -0.05) is 36.4 Å². The van der Waals surface area contributed by atoms with Crippen molar-refractivity contribution in [3.8, 4) is 0 Å². The minimum Gasteiger partial charge on any atom is -0.328 e. The second-order valence-electron chi connectivity index (χ2n) is 7.05. The zero-order valence-electron chi connectivity index (χ0n) is 14.4. The third-order valence-corrected chi connectivity index (χ3v) is 5.19. The number of hydrogen-bond acceptors (Lipinski definition) is 3. The monoisotopic (exact) mass is 336 g/mol. The number of hydrogen-bond donors (Lipinski definition) is 1. The summed E-state index contributed by atoms with van der Waals surface area (Å²) < 4.78 is 29.3. The lowest BCUT2D eigenvalue weighted by Crippen LogP contribution is -2.54. The van der Waals surface area contributed by atoms with Crippen LogP contribution in [0.4, 0.5) is 0 Å². The van der Waals surface area contributed by atoms with Gasteiger partial charge in [-0.25, -0.2) is 8.42 Å². The van der Waals surface area contributed by atoms with Crippen LogP contribution in [0.15, 0.2) is 47.4 Å². The molecule has 6 heteroatoms. The lowest BCUT2D eigenvalue weighted by molar-refractivity contribution is -0.872. The Labute approximate surface area is 139 Å². The fourth-order valence-electron chi connectivity index (χ4n) is 2.50. The second kappa shape index (κ2) is 6.57. The number of nitrogens with one attached hydrogen (secondary N) is 1. The van der Waals surface area contributed by atoms with Crippen molar-refractivity contribution >= 4 is 20.8 Å². The highest BCUT2D eigenvalue weighted by Crippen LogP contribution is 2.23. The van der Waals surface area contributed by atoms with E-state index in [-0.39, 0.29) is 6.17 Å². The molecule has 1 atom stereocenters. The first-order chi connectivity index (χ1) is 10.6. The topological polar surface area (TPSA) is 49.4 Å². The Morgan fingerprint density at radius 1 is 1.04 bits per heavy atom. The van der Waals surface area contributed by atoms with Crippen molar-refractivity contribution in [1.29, 1.82) is 0 Å². The summed E-state index contributed by atoms with van der Waals surface area (Å²) in [6.45, 7) is 0.664. The van der Waals surface area contributed by atoms with Crippen LogP contribution in [-0.4, -0.2) is 65.7 Å². The maximum Gasteiger partial charge on any atom is 0.242 e. The molecule has 0 saturated heterocycles. The summed E-state index contributed by atoms with van der Waals surface area (Å²) in [7, 11) is 6.29. The molecule has 0 amide bonds. The first-order valence-corrected chi connectivity index (χ1v) is 9.05. The minimum atomic E-state index is -3.61. The smallest absolute Gasteiger partial charge is 0.242 e. The van der Waals surface area contributed by atoms with Crippen molar-refractivity contribution in [3.63, 3.8) is 0 Å². The first kappa shape index (κ1) is 17.9. The van der Waals surface area contributed by atoms with E-state index in [2.05, 4.69) is 4.72 Å². The van der Waals surface area contributed by atoms with Gasteiger partial charge in [0, 0.05) is 5.39 Å². The summed E-state index contributed by atoms with van der Waals surface area (Å²) in [5, 5.41) is 1.66. The fourth-order valence-corrected chi connectivity index (χ4v) is 4.00. The largest absolute Gasteiger partial charge is 0.328 e. The highest BCUT2D eigenvalue weighted by molar-refractivity contribution is 7.89. The van der Waals surface area contributed by atoms with Gasteiger partial charge in [-0.05, 0) is 25.5 Å². The molecule has 0 heterocycles. The summed E-state index contributed by atoms with van der Waals surface area (Å²) in [4.78, 5) is 2.22. The van der Waals surface area contributed by atoms with Gasteiger partial charge >= 0.3 is 0 Å². The van der Waals surface area contributed by atoms with E-state index < -0.39 is 10.0 Å². The predicted octanol–water partition coefficient (Wildman–Crippen LogP) is 1.71. The molecule has 0 aliphatic heterocycles. The molecule has 0 fully saturated rings. The van der Waals surface area contributed by atoms with E-state index in [1.165, 1.54) is 0 Å². The van der Waals surface area contributed by atoms with Crippen LogP contribution in [0.2, 0.25) is 0 Å². The average molecular weight is 336 g/mol. The van der Waals surface area contributed by atoms with Crippen LogP contribution in [0.5, 0.6) is 0 Å². The fraction of sp³-hybridized carbons (Fsp3) is 0.412. The van der Waals surface area contributed by atoms with Gasteiger partial charge in [0.25, 0.3) is 0 Å². The molecule has 0 saturated carbocycles. The normalized spacial score (nSPS) is 14.3. The molecule has 126 valence electrons. The Morgan fingerprint density at radius 3 is 2.26 bits per heavy atom. The summed E-state index contributed by atoms with van der Waals surface area (Å²) in [5.41, 5.74) is 0. The number of rotatable bonds is 6. The highest BCUT2D eigenvalue weighted by atomic mass is 32.2. The van der Waals surface area contributed by atoms with E-state index in [1.807, 2.05) is 70.5 Å². The molecule has 2 aromatic rings. The van der Waals surface area contributed by atoms with Crippen molar-refractivity contribution in [2.24, 2.45) is 0 Å². The van der Waals surface area contributed by atoms with Crippen molar-refractivity contribution in [2.75, 3.05) is 41.8 Å². The number of quaternary nitrogens is 1. The third kappa shape index (κ3) is 4.51. The van der Waals surface area contributed by atoms with Crippen molar-refractivity contribution in [3.05, 3.63) is 42.5 Å². The Morgan fingerprint density at radius 2 is 1.65 bits per heavy atom. The maximum absolute atomic E-state index is 12.9. The molecule has 2 rings (SSSR count). The summed E-state index contributed by atoms with van der Waals surface area (Å²) in [6.07, 6.45) is -0.279. The molecule has 0 spiro atoms. The molecule has 0 aliphatic rings. The van der Waals surface area contributed by atoms with E-state index >= 15 is 0 Å². The molecule has 5 nitrogen and oxygen atoms in total. The number of nitrogens with zero attached hydrogens (tertiary/aromatic N) is 2. The zero-order chi connectivity index (χ0) is 17.3. The number of benzene rings is 2. The van der Waals surface area contributed by atoms with Crippen molar-refractivity contribution < 1.29 is 12.9 Å². The molecule has 1 N–H and O–H groups in total. The molecule has 2 aromatic carbocycles.